The van der Waals surface area contributed by atoms with Crippen LogP contribution in [0.2, 0.25) is 0 Å². The second kappa shape index (κ2) is 6.77. The molecule has 2 unspecified atom stereocenters. The number of piperidine rings is 1. The quantitative estimate of drug-likeness (QED) is 0.760. The van der Waals surface area contributed by atoms with Gasteiger partial charge < -0.3 is 9.84 Å². The van der Waals surface area contributed by atoms with E-state index in [1.54, 1.807) is 0 Å². The smallest absolute Gasteiger partial charge is 0.0763 e. The van der Waals surface area contributed by atoms with E-state index in [2.05, 4.69) is 20.8 Å². The number of likely N-dealkylation sites (tertiary alicyclic amines) is 1. The van der Waals surface area contributed by atoms with E-state index in [9.17, 15) is 5.11 Å². The number of halogens is 1. The van der Waals surface area contributed by atoms with Crippen molar-refractivity contribution in [2.45, 2.75) is 32.0 Å². The normalized spacial score (nSPS) is 26.4. The summed E-state index contributed by atoms with van der Waals surface area (Å²) in [4.78, 5) is 2.29. The number of aliphatic hydroxyl groups excluding tert-OH is 1. The minimum Gasteiger partial charge on any atom is -0.391 e. The second-order valence-corrected chi connectivity index (χ2v) is 4.43. The SMILES string of the molecule is CCOC1CCCN(CC(O)CBr)C1. The van der Waals surface area contributed by atoms with E-state index in [0.717, 1.165) is 32.7 Å². The molecule has 2 atom stereocenters. The Hall–Kier alpha value is 0.360. The molecule has 1 aliphatic heterocycles. The Morgan fingerprint density at radius 2 is 2.43 bits per heavy atom. The van der Waals surface area contributed by atoms with Gasteiger partial charge in [-0.3, -0.25) is 4.90 Å². The van der Waals surface area contributed by atoms with Crippen LogP contribution in [0.1, 0.15) is 19.8 Å². The van der Waals surface area contributed by atoms with Gasteiger partial charge >= 0.3 is 0 Å². The zero-order valence-corrected chi connectivity index (χ0v) is 10.4. The summed E-state index contributed by atoms with van der Waals surface area (Å²) in [5.74, 6) is 0. The van der Waals surface area contributed by atoms with Crippen molar-refractivity contribution in [3.05, 3.63) is 0 Å². The van der Waals surface area contributed by atoms with Crippen LogP contribution in [-0.2, 0) is 4.74 Å². The molecule has 1 fully saturated rings. The Balaban J connectivity index is 2.25. The first kappa shape index (κ1) is 12.4. The number of nitrogens with zero attached hydrogens (tertiary/aromatic N) is 1. The molecule has 0 aromatic rings. The fourth-order valence-corrected chi connectivity index (χ4v) is 2.10. The number of aliphatic hydroxyl groups is 1. The topological polar surface area (TPSA) is 32.7 Å². The molecule has 1 aliphatic rings. The highest BCUT2D eigenvalue weighted by Crippen LogP contribution is 2.13. The van der Waals surface area contributed by atoms with Gasteiger partial charge in [-0.15, -0.1) is 0 Å². The van der Waals surface area contributed by atoms with Gasteiger partial charge in [-0.05, 0) is 26.3 Å². The minimum absolute atomic E-state index is 0.254. The predicted octanol–water partition coefficient (Wildman–Crippen LogP) is 1.24. The van der Waals surface area contributed by atoms with E-state index >= 15 is 0 Å². The molecule has 1 rings (SSSR count). The van der Waals surface area contributed by atoms with E-state index < -0.39 is 0 Å². The van der Waals surface area contributed by atoms with Crippen molar-refractivity contribution < 1.29 is 9.84 Å². The lowest BCUT2D eigenvalue weighted by Crippen LogP contribution is -2.43. The largest absolute Gasteiger partial charge is 0.391 e. The van der Waals surface area contributed by atoms with Crippen LogP contribution in [-0.4, -0.2) is 53.8 Å². The molecule has 3 nitrogen and oxygen atoms in total. The molecule has 0 radical (unpaired) electrons. The Kier molecular flexibility index (Phi) is 6.01. The van der Waals surface area contributed by atoms with Crippen molar-refractivity contribution in [1.29, 1.82) is 0 Å². The third-order valence-electron chi connectivity index (χ3n) is 2.51. The third-order valence-corrected chi connectivity index (χ3v) is 3.26. The fraction of sp³-hybridized carbons (Fsp3) is 1.00. The van der Waals surface area contributed by atoms with E-state index in [4.69, 9.17) is 4.74 Å². The van der Waals surface area contributed by atoms with Crippen molar-refractivity contribution in [2.75, 3.05) is 31.6 Å². The number of hydrogen-bond acceptors (Lipinski definition) is 3. The van der Waals surface area contributed by atoms with Gasteiger partial charge in [0, 0.05) is 25.0 Å². The molecule has 0 saturated carbocycles. The molecular weight excluding hydrogens is 246 g/mol. The predicted molar refractivity (Wildman–Crippen MR) is 60.9 cm³/mol. The lowest BCUT2D eigenvalue weighted by molar-refractivity contribution is -0.00431. The summed E-state index contributed by atoms with van der Waals surface area (Å²) in [6.07, 6.45) is 2.46. The monoisotopic (exact) mass is 265 g/mol. The van der Waals surface area contributed by atoms with Crippen molar-refractivity contribution in [3.8, 4) is 0 Å². The van der Waals surface area contributed by atoms with Crippen molar-refractivity contribution in [1.82, 2.24) is 4.90 Å². The Morgan fingerprint density at radius 3 is 3.07 bits per heavy atom. The van der Waals surface area contributed by atoms with Crippen LogP contribution in [0.15, 0.2) is 0 Å². The van der Waals surface area contributed by atoms with Crippen LogP contribution >= 0.6 is 15.9 Å². The molecule has 84 valence electrons. The summed E-state index contributed by atoms with van der Waals surface area (Å²) in [6.45, 7) is 5.64. The number of rotatable bonds is 5. The van der Waals surface area contributed by atoms with Gasteiger partial charge in [0.05, 0.1) is 12.2 Å². The first-order chi connectivity index (χ1) is 6.76. The number of hydrogen-bond donors (Lipinski definition) is 1. The summed E-state index contributed by atoms with van der Waals surface area (Å²) >= 11 is 3.28. The Bertz CT molecular complexity index is 155. The number of β-amino-alcohol motifs (C(OH)–C–C–N with tert-alkyl or cyclic N) is 1. The van der Waals surface area contributed by atoms with E-state index in [1.165, 1.54) is 6.42 Å². The second-order valence-electron chi connectivity index (χ2n) is 3.79. The molecule has 4 heteroatoms. The molecule has 0 aromatic carbocycles. The van der Waals surface area contributed by atoms with Gasteiger partial charge in [-0.1, -0.05) is 15.9 Å². The average Bonchev–Trinajstić information content (AvgIpc) is 2.19. The molecule has 0 aromatic heterocycles. The maximum absolute atomic E-state index is 9.50. The van der Waals surface area contributed by atoms with Crippen LogP contribution in [0.5, 0.6) is 0 Å². The maximum Gasteiger partial charge on any atom is 0.0763 e. The van der Waals surface area contributed by atoms with Crippen LogP contribution in [0.25, 0.3) is 0 Å². The van der Waals surface area contributed by atoms with Gasteiger partial charge in [0.25, 0.3) is 0 Å². The lowest BCUT2D eigenvalue weighted by Gasteiger charge is -2.33. The van der Waals surface area contributed by atoms with Crippen molar-refractivity contribution in [2.24, 2.45) is 0 Å². The molecule has 0 bridgehead atoms. The summed E-state index contributed by atoms with van der Waals surface area (Å²) in [6, 6.07) is 0. The van der Waals surface area contributed by atoms with Gasteiger partial charge in [0.2, 0.25) is 0 Å². The molecule has 0 amide bonds. The highest BCUT2D eigenvalue weighted by molar-refractivity contribution is 9.09. The summed E-state index contributed by atoms with van der Waals surface area (Å²) in [5, 5.41) is 10.2. The van der Waals surface area contributed by atoms with Crippen LogP contribution < -0.4 is 0 Å². The first-order valence-corrected chi connectivity index (χ1v) is 6.46. The van der Waals surface area contributed by atoms with Crippen molar-refractivity contribution >= 4 is 15.9 Å². The van der Waals surface area contributed by atoms with Gasteiger partial charge in [-0.2, -0.15) is 0 Å². The molecule has 1 heterocycles. The zero-order valence-electron chi connectivity index (χ0n) is 8.79. The minimum atomic E-state index is -0.254. The fourth-order valence-electron chi connectivity index (χ4n) is 1.90. The Morgan fingerprint density at radius 1 is 1.64 bits per heavy atom. The average molecular weight is 266 g/mol. The van der Waals surface area contributed by atoms with Gasteiger partial charge in [-0.25, -0.2) is 0 Å². The molecule has 14 heavy (non-hydrogen) atoms. The van der Waals surface area contributed by atoms with Crippen LogP contribution in [0, 0.1) is 0 Å². The maximum atomic E-state index is 9.50. The van der Waals surface area contributed by atoms with E-state index in [0.29, 0.717) is 11.4 Å². The third kappa shape index (κ3) is 4.26. The first-order valence-electron chi connectivity index (χ1n) is 5.34. The number of ether oxygens (including phenoxy) is 1. The zero-order chi connectivity index (χ0) is 10.4. The Labute approximate surface area is 94.6 Å². The highest BCUT2D eigenvalue weighted by atomic mass is 79.9. The van der Waals surface area contributed by atoms with E-state index in [-0.39, 0.29) is 6.10 Å². The van der Waals surface area contributed by atoms with E-state index in [1.807, 2.05) is 6.92 Å². The van der Waals surface area contributed by atoms with Crippen molar-refractivity contribution in [3.63, 3.8) is 0 Å². The lowest BCUT2D eigenvalue weighted by atomic mass is 10.1. The molecular formula is C10H20BrNO2. The van der Waals surface area contributed by atoms with Gasteiger partial charge in [0.1, 0.15) is 0 Å². The summed E-state index contributed by atoms with van der Waals surface area (Å²) in [5.41, 5.74) is 0. The molecule has 1 N–H and O–H groups in total. The molecule has 1 saturated heterocycles. The molecule has 0 aliphatic carbocycles. The highest BCUT2D eigenvalue weighted by Gasteiger charge is 2.21. The van der Waals surface area contributed by atoms with Gasteiger partial charge in [0.15, 0.2) is 0 Å². The summed E-state index contributed by atoms with van der Waals surface area (Å²) < 4.78 is 5.59. The standard InChI is InChI=1S/C10H20BrNO2/c1-2-14-10-4-3-5-12(8-10)7-9(13)6-11/h9-10,13H,2-8H2,1H3. The molecule has 0 spiro atoms. The van der Waals surface area contributed by atoms with Crippen LogP contribution in [0.4, 0.5) is 0 Å². The number of alkyl halides is 1. The van der Waals surface area contributed by atoms with Crippen LogP contribution in [0.3, 0.4) is 0 Å². The summed E-state index contributed by atoms with van der Waals surface area (Å²) in [7, 11) is 0.